The summed E-state index contributed by atoms with van der Waals surface area (Å²) in [7, 11) is 0. The number of aromatic nitrogens is 2. The number of nitrogens with one attached hydrogen (secondary N) is 1. The molecule has 0 atom stereocenters. The van der Waals surface area contributed by atoms with E-state index < -0.39 is 0 Å². The first kappa shape index (κ1) is 16.5. The van der Waals surface area contributed by atoms with Gasteiger partial charge in [-0.3, -0.25) is 14.7 Å². The maximum absolute atomic E-state index is 12.6. The zero-order valence-corrected chi connectivity index (χ0v) is 13.9. The van der Waals surface area contributed by atoms with Gasteiger partial charge in [-0.1, -0.05) is 23.7 Å². The Labute approximate surface area is 145 Å². The van der Waals surface area contributed by atoms with E-state index in [2.05, 4.69) is 10.2 Å². The molecule has 126 valence electrons. The molecule has 0 saturated carbocycles. The number of amides is 2. The summed E-state index contributed by atoms with van der Waals surface area (Å²) in [6.45, 7) is 1.25. The van der Waals surface area contributed by atoms with Crippen molar-refractivity contribution in [3.63, 3.8) is 0 Å². The van der Waals surface area contributed by atoms with Crippen LogP contribution in [-0.4, -0.2) is 40.0 Å². The average Bonchev–Trinajstić information content (AvgIpc) is 3.04. The van der Waals surface area contributed by atoms with Crippen LogP contribution in [-0.2, 0) is 4.79 Å². The summed E-state index contributed by atoms with van der Waals surface area (Å²) in [5, 5.41) is 7.64. The lowest BCUT2D eigenvalue weighted by molar-refractivity contribution is -0.119. The number of benzene rings is 1. The van der Waals surface area contributed by atoms with Crippen molar-refractivity contribution in [2.24, 2.45) is 11.7 Å². The molecular formula is C17H19ClN4O2. The van der Waals surface area contributed by atoms with Gasteiger partial charge in [-0.15, -0.1) is 0 Å². The number of hydrogen-bond acceptors (Lipinski definition) is 3. The van der Waals surface area contributed by atoms with Crippen molar-refractivity contribution >= 4 is 23.4 Å². The van der Waals surface area contributed by atoms with Gasteiger partial charge in [0, 0.05) is 30.1 Å². The highest BCUT2D eigenvalue weighted by atomic mass is 35.5. The summed E-state index contributed by atoms with van der Waals surface area (Å²) >= 11 is 5.99. The van der Waals surface area contributed by atoms with Gasteiger partial charge in [-0.05, 0) is 37.0 Å². The highest BCUT2D eigenvalue weighted by molar-refractivity contribution is 6.30. The van der Waals surface area contributed by atoms with Gasteiger partial charge >= 0.3 is 0 Å². The number of carbonyl (C=O) groups is 2. The van der Waals surface area contributed by atoms with E-state index in [-0.39, 0.29) is 17.7 Å². The average molecular weight is 347 g/mol. The lowest BCUT2D eigenvalue weighted by atomic mass is 9.93. The zero-order valence-electron chi connectivity index (χ0n) is 13.2. The number of H-pyrrole nitrogens is 1. The largest absolute Gasteiger partial charge is 0.370 e. The molecule has 3 N–H and O–H groups in total. The highest BCUT2D eigenvalue weighted by Gasteiger charge is 2.25. The van der Waals surface area contributed by atoms with Crippen LogP contribution in [0.15, 0.2) is 30.3 Å². The molecule has 0 aliphatic carbocycles. The monoisotopic (exact) mass is 346 g/mol. The first-order valence-electron chi connectivity index (χ1n) is 7.92. The summed E-state index contributed by atoms with van der Waals surface area (Å²) in [4.78, 5) is 25.3. The molecule has 1 fully saturated rings. The number of nitrogens with two attached hydrogens (primary N) is 1. The minimum Gasteiger partial charge on any atom is -0.370 e. The molecule has 1 aromatic carbocycles. The Kier molecular flexibility index (Phi) is 4.85. The Morgan fingerprint density at radius 2 is 2.04 bits per heavy atom. The van der Waals surface area contributed by atoms with E-state index in [9.17, 15) is 9.59 Å². The van der Waals surface area contributed by atoms with Crippen molar-refractivity contribution in [1.29, 1.82) is 0 Å². The molecule has 2 heterocycles. The molecule has 1 saturated heterocycles. The molecule has 1 aliphatic heterocycles. The molecule has 6 nitrogen and oxygen atoms in total. The van der Waals surface area contributed by atoms with Crippen molar-refractivity contribution in [1.82, 2.24) is 15.1 Å². The topological polar surface area (TPSA) is 92.1 Å². The summed E-state index contributed by atoms with van der Waals surface area (Å²) in [6, 6.07) is 9.08. The van der Waals surface area contributed by atoms with Crippen LogP contribution >= 0.6 is 11.6 Å². The number of nitrogens with zero attached hydrogens (tertiary/aromatic N) is 2. The normalized spacial score (nSPS) is 15.5. The predicted molar refractivity (Wildman–Crippen MR) is 91.5 cm³/mol. The highest BCUT2D eigenvalue weighted by Crippen LogP contribution is 2.24. The standard InChI is InChI=1S/C17H19ClN4O2/c18-13-3-1-2-12(9-13)14-10-15(21-20-14)17(24)22-6-4-11(5-7-22)8-16(19)23/h1-3,9-11H,4-8H2,(H2,19,23)(H,20,21). The van der Waals surface area contributed by atoms with Crippen molar-refractivity contribution < 1.29 is 9.59 Å². The van der Waals surface area contributed by atoms with Crippen LogP contribution in [0.3, 0.4) is 0 Å². The molecule has 0 bridgehead atoms. The van der Waals surface area contributed by atoms with E-state index in [0.29, 0.717) is 35.9 Å². The lowest BCUT2D eigenvalue weighted by Gasteiger charge is -2.31. The van der Waals surface area contributed by atoms with Crippen LogP contribution in [0.1, 0.15) is 29.8 Å². The first-order valence-corrected chi connectivity index (χ1v) is 8.29. The van der Waals surface area contributed by atoms with Crippen molar-refractivity contribution in [2.75, 3.05) is 13.1 Å². The maximum Gasteiger partial charge on any atom is 0.271 e. The second-order valence-corrected chi connectivity index (χ2v) is 6.52. The fraction of sp³-hybridized carbons (Fsp3) is 0.353. The molecule has 2 amide bonds. The van der Waals surface area contributed by atoms with Gasteiger partial charge in [0.15, 0.2) is 0 Å². The van der Waals surface area contributed by atoms with Crippen LogP contribution < -0.4 is 5.73 Å². The van der Waals surface area contributed by atoms with Crippen LogP contribution in [0.2, 0.25) is 5.02 Å². The van der Waals surface area contributed by atoms with Gasteiger partial charge in [0.2, 0.25) is 5.91 Å². The molecule has 7 heteroatoms. The second-order valence-electron chi connectivity index (χ2n) is 6.08. The molecule has 1 aliphatic rings. The molecule has 1 aromatic heterocycles. The van der Waals surface area contributed by atoms with E-state index in [1.165, 1.54) is 0 Å². The number of rotatable bonds is 4. The van der Waals surface area contributed by atoms with Crippen LogP contribution in [0, 0.1) is 5.92 Å². The van der Waals surface area contributed by atoms with E-state index in [1.807, 2.05) is 12.1 Å². The van der Waals surface area contributed by atoms with Gasteiger partial charge in [-0.25, -0.2) is 0 Å². The smallest absolute Gasteiger partial charge is 0.271 e. The van der Waals surface area contributed by atoms with Crippen LogP contribution in [0.5, 0.6) is 0 Å². The van der Waals surface area contributed by atoms with Crippen molar-refractivity contribution in [2.45, 2.75) is 19.3 Å². The first-order chi connectivity index (χ1) is 11.5. The number of piperidine rings is 1. The predicted octanol–water partition coefficient (Wildman–Crippen LogP) is 2.46. The minimum atomic E-state index is -0.278. The van der Waals surface area contributed by atoms with Gasteiger partial charge < -0.3 is 10.6 Å². The van der Waals surface area contributed by atoms with Gasteiger partial charge in [0.1, 0.15) is 5.69 Å². The Hall–Kier alpha value is -2.34. The zero-order chi connectivity index (χ0) is 17.1. The number of primary amides is 1. The summed E-state index contributed by atoms with van der Waals surface area (Å²) < 4.78 is 0. The third kappa shape index (κ3) is 3.76. The van der Waals surface area contributed by atoms with E-state index >= 15 is 0 Å². The Morgan fingerprint density at radius 1 is 1.29 bits per heavy atom. The van der Waals surface area contributed by atoms with Crippen molar-refractivity contribution in [3.8, 4) is 11.3 Å². The molecule has 0 spiro atoms. The molecule has 2 aromatic rings. The summed E-state index contributed by atoms with van der Waals surface area (Å²) in [5.41, 5.74) is 7.24. The quantitative estimate of drug-likeness (QED) is 0.890. The number of hydrogen-bond donors (Lipinski definition) is 2. The second kappa shape index (κ2) is 7.05. The Balaban J connectivity index is 1.65. The van der Waals surface area contributed by atoms with E-state index in [4.69, 9.17) is 17.3 Å². The number of halogens is 1. The molecular weight excluding hydrogens is 328 g/mol. The Morgan fingerprint density at radius 3 is 2.71 bits per heavy atom. The molecule has 3 rings (SSSR count). The molecule has 0 unspecified atom stereocenters. The SMILES string of the molecule is NC(=O)CC1CCN(C(=O)c2cc(-c3cccc(Cl)c3)n[nH]2)CC1. The van der Waals surface area contributed by atoms with Crippen LogP contribution in [0.25, 0.3) is 11.3 Å². The van der Waals surface area contributed by atoms with Gasteiger partial charge in [0.05, 0.1) is 5.69 Å². The van der Waals surface area contributed by atoms with Crippen LogP contribution in [0.4, 0.5) is 0 Å². The van der Waals surface area contributed by atoms with E-state index in [0.717, 1.165) is 18.4 Å². The molecule has 24 heavy (non-hydrogen) atoms. The fourth-order valence-corrected chi connectivity index (χ4v) is 3.21. The third-order valence-electron chi connectivity index (χ3n) is 4.32. The number of likely N-dealkylation sites (tertiary alicyclic amines) is 1. The van der Waals surface area contributed by atoms with Gasteiger partial charge in [0.25, 0.3) is 5.91 Å². The van der Waals surface area contributed by atoms with E-state index in [1.54, 1.807) is 23.1 Å². The minimum absolute atomic E-state index is 0.0756. The Bertz CT molecular complexity index is 751. The maximum atomic E-state index is 12.6. The number of aromatic amines is 1. The van der Waals surface area contributed by atoms with Crippen molar-refractivity contribution in [3.05, 3.63) is 41.0 Å². The summed E-state index contributed by atoms with van der Waals surface area (Å²) in [6.07, 6.45) is 1.99. The van der Waals surface area contributed by atoms with Gasteiger partial charge in [-0.2, -0.15) is 5.10 Å². The summed E-state index contributed by atoms with van der Waals surface area (Å²) in [5.74, 6) is -0.0804. The number of carbonyl (C=O) groups excluding carboxylic acids is 2. The lowest BCUT2D eigenvalue weighted by Crippen LogP contribution is -2.39. The third-order valence-corrected chi connectivity index (χ3v) is 4.56. The fourth-order valence-electron chi connectivity index (χ4n) is 3.02. The molecule has 0 radical (unpaired) electrons.